The van der Waals surface area contributed by atoms with Crippen molar-refractivity contribution >= 4 is 35.2 Å². The van der Waals surface area contributed by atoms with Gasteiger partial charge in [-0.15, -0.1) is 0 Å². The zero-order chi connectivity index (χ0) is 32.8. The second-order valence-electron chi connectivity index (χ2n) is 12.5. The summed E-state index contributed by atoms with van der Waals surface area (Å²) in [5, 5.41) is 18.9. The summed E-state index contributed by atoms with van der Waals surface area (Å²) in [5.41, 5.74) is 5.00. The summed E-state index contributed by atoms with van der Waals surface area (Å²) in [6.45, 7) is 10.7. The number of rotatable bonds is 11. The van der Waals surface area contributed by atoms with Gasteiger partial charge in [0.2, 0.25) is 0 Å². The minimum absolute atomic E-state index is 0.307. The van der Waals surface area contributed by atoms with Crippen LogP contribution in [-0.2, 0) is 10.3 Å². The van der Waals surface area contributed by atoms with E-state index in [1.165, 1.54) is 18.3 Å². The number of anilines is 3. The highest BCUT2D eigenvalue weighted by molar-refractivity contribution is 6.08. The Balaban J connectivity index is 1.22. The summed E-state index contributed by atoms with van der Waals surface area (Å²) in [4.78, 5) is 27.9. The normalized spacial score (nSPS) is 14.6. The van der Waals surface area contributed by atoms with Gasteiger partial charge in [0.15, 0.2) is 0 Å². The van der Waals surface area contributed by atoms with E-state index in [4.69, 9.17) is 10.1 Å². The number of hydrogen-bond acceptors (Lipinski definition) is 7. The van der Waals surface area contributed by atoms with Gasteiger partial charge in [-0.3, -0.25) is 9.48 Å². The average molecular weight is 625 g/mol. The molecule has 10 heteroatoms. The molecule has 3 aromatic carbocycles. The number of amides is 1. The lowest BCUT2D eigenvalue weighted by atomic mass is 10.0. The van der Waals surface area contributed by atoms with Gasteiger partial charge < -0.3 is 25.7 Å². The number of halogens is 1. The molecule has 1 atom stereocenters. The molecular weight excluding hydrogens is 583 g/mol. The molecule has 2 heterocycles. The SMILES string of the molecule is CCOC(=O)c1ccc(N2CCC(CCNc3cc(NC(=O)c4cnn(C(C)(C)C)c4-c4ccc(F)cc4)ccc3C=N)C2)cc1. The van der Waals surface area contributed by atoms with Crippen LogP contribution in [0.25, 0.3) is 11.3 Å². The van der Waals surface area contributed by atoms with Gasteiger partial charge in [-0.25, -0.2) is 9.18 Å². The maximum atomic E-state index is 13.7. The molecular formula is C36H41FN6O3. The number of nitrogens with zero attached hydrogens (tertiary/aromatic N) is 3. The topological polar surface area (TPSA) is 112 Å². The molecule has 1 aliphatic heterocycles. The second-order valence-corrected chi connectivity index (χ2v) is 12.5. The van der Waals surface area contributed by atoms with Crippen molar-refractivity contribution in [2.75, 3.05) is 41.8 Å². The maximum Gasteiger partial charge on any atom is 0.338 e. The quantitative estimate of drug-likeness (QED) is 0.120. The molecule has 46 heavy (non-hydrogen) atoms. The second kappa shape index (κ2) is 14.0. The predicted octanol–water partition coefficient (Wildman–Crippen LogP) is 7.20. The largest absolute Gasteiger partial charge is 0.462 e. The van der Waals surface area contributed by atoms with Gasteiger partial charge >= 0.3 is 5.97 Å². The Morgan fingerprint density at radius 1 is 1.09 bits per heavy atom. The third-order valence-electron chi connectivity index (χ3n) is 8.13. The lowest BCUT2D eigenvalue weighted by Gasteiger charge is -2.23. The van der Waals surface area contributed by atoms with Crippen LogP contribution in [0, 0.1) is 17.1 Å². The maximum absolute atomic E-state index is 13.7. The first-order valence-electron chi connectivity index (χ1n) is 15.6. The Morgan fingerprint density at radius 2 is 1.83 bits per heavy atom. The van der Waals surface area contributed by atoms with Crippen molar-refractivity contribution < 1.29 is 18.7 Å². The van der Waals surface area contributed by atoms with Crippen molar-refractivity contribution in [1.82, 2.24) is 9.78 Å². The van der Waals surface area contributed by atoms with Crippen LogP contribution in [0.4, 0.5) is 21.5 Å². The van der Waals surface area contributed by atoms with Crippen LogP contribution in [0.5, 0.6) is 0 Å². The number of benzene rings is 3. The summed E-state index contributed by atoms with van der Waals surface area (Å²) in [6.07, 6.45) is 4.85. The fourth-order valence-electron chi connectivity index (χ4n) is 5.76. The molecule has 4 aromatic rings. The number of carbonyl (C=O) groups excluding carboxylic acids is 2. The number of ether oxygens (including phenoxy) is 1. The molecule has 1 saturated heterocycles. The molecule has 0 aliphatic carbocycles. The van der Waals surface area contributed by atoms with E-state index >= 15 is 0 Å². The number of carbonyl (C=O) groups is 2. The molecule has 0 saturated carbocycles. The van der Waals surface area contributed by atoms with Crippen molar-refractivity contribution in [3.05, 3.63) is 95.4 Å². The highest BCUT2D eigenvalue weighted by Gasteiger charge is 2.26. The van der Waals surface area contributed by atoms with E-state index in [0.29, 0.717) is 47.1 Å². The van der Waals surface area contributed by atoms with Crippen molar-refractivity contribution in [3.8, 4) is 11.3 Å². The minimum Gasteiger partial charge on any atom is -0.462 e. The smallest absolute Gasteiger partial charge is 0.338 e. The lowest BCUT2D eigenvalue weighted by Crippen LogP contribution is -2.24. The Labute approximate surface area is 269 Å². The molecule has 3 N–H and O–H groups in total. The van der Waals surface area contributed by atoms with Crippen LogP contribution < -0.4 is 15.5 Å². The van der Waals surface area contributed by atoms with Gasteiger partial charge in [0.1, 0.15) is 5.82 Å². The monoisotopic (exact) mass is 624 g/mol. The van der Waals surface area contributed by atoms with Crippen LogP contribution in [0.3, 0.4) is 0 Å². The third-order valence-corrected chi connectivity index (χ3v) is 8.13. The zero-order valence-electron chi connectivity index (χ0n) is 26.8. The number of hydrogen-bond donors (Lipinski definition) is 3. The average Bonchev–Trinajstić information content (AvgIpc) is 3.70. The summed E-state index contributed by atoms with van der Waals surface area (Å²) in [5.74, 6) is -0.494. The number of nitrogens with one attached hydrogen (secondary N) is 3. The Hall–Kier alpha value is -4.99. The van der Waals surface area contributed by atoms with Gasteiger partial charge in [0.25, 0.3) is 5.91 Å². The Morgan fingerprint density at radius 3 is 2.50 bits per heavy atom. The molecule has 1 fully saturated rings. The molecule has 1 aliphatic rings. The van der Waals surface area contributed by atoms with Crippen LogP contribution >= 0.6 is 0 Å². The van der Waals surface area contributed by atoms with Gasteiger partial charge in [-0.05, 0) is 113 Å². The van der Waals surface area contributed by atoms with Gasteiger partial charge in [-0.2, -0.15) is 5.10 Å². The summed E-state index contributed by atoms with van der Waals surface area (Å²) < 4.78 is 20.6. The van der Waals surface area contributed by atoms with Gasteiger partial charge in [0.05, 0.1) is 35.2 Å². The van der Waals surface area contributed by atoms with Gasteiger partial charge in [0, 0.05) is 54.0 Å². The van der Waals surface area contributed by atoms with Crippen LogP contribution in [0.15, 0.2) is 72.9 Å². The third kappa shape index (κ3) is 7.44. The first-order valence-corrected chi connectivity index (χ1v) is 15.6. The first kappa shape index (κ1) is 32.4. The van der Waals surface area contributed by atoms with Gasteiger partial charge in [-0.1, -0.05) is 0 Å². The Bertz CT molecular complexity index is 1690. The Kier molecular flexibility index (Phi) is 9.84. The van der Waals surface area contributed by atoms with E-state index < -0.39 is 5.54 Å². The lowest BCUT2D eigenvalue weighted by molar-refractivity contribution is 0.0526. The van der Waals surface area contributed by atoms with Crippen molar-refractivity contribution in [2.24, 2.45) is 5.92 Å². The van der Waals surface area contributed by atoms with Crippen LogP contribution in [0.1, 0.15) is 66.8 Å². The van der Waals surface area contributed by atoms with E-state index in [9.17, 15) is 14.0 Å². The fourth-order valence-corrected chi connectivity index (χ4v) is 5.76. The van der Waals surface area contributed by atoms with Crippen LogP contribution in [0.2, 0.25) is 0 Å². The molecule has 5 rings (SSSR count). The highest BCUT2D eigenvalue weighted by atomic mass is 19.1. The molecule has 0 spiro atoms. The zero-order valence-corrected chi connectivity index (χ0v) is 26.8. The number of aromatic nitrogens is 2. The molecule has 0 bridgehead atoms. The van der Waals surface area contributed by atoms with Crippen molar-refractivity contribution in [1.29, 1.82) is 5.41 Å². The summed E-state index contributed by atoms with van der Waals surface area (Å²) >= 11 is 0. The number of esters is 1. The molecule has 1 amide bonds. The van der Waals surface area contributed by atoms with Crippen molar-refractivity contribution in [3.63, 3.8) is 0 Å². The van der Waals surface area contributed by atoms with E-state index in [2.05, 4.69) is 20.6 Å². The fraction of sp³-hybridized carbons (Fsp3) is 0.333. The first-order chi connectivity index (χ1) is 22.1. The predicted molar refractivity (Wildman–Crippen MR) is 181 cm³/mol. The van der Waals surface area contributed by atoms with E-state index in [1.54, 1.807) is 36.0 Å². The molecule has 240 valence electrons. The molecule has 9 nitrogen and oxygen atoms in total. The summed E-state index contributed by atoms with van der Waals surface area (Å²) in [7, 11) is 0. The molecule has 0 radical (unpaired) electrons. The van der Waals surface area contributed by atoms with E-state index in [-0.39, 0.29) is 17.7 Å². The van der Waals surface area contributed by atoms with E-state index in [0.717, 1.165) is 42.9 Å². The highest BCUT2D eigenvalue weighted by Crippen LogP contribution is 2.31. The minimum atomic E-state index is -0.407. The van der Waals surface area contributed by atoms with Crippen molar-refractivity contribution in [2.45, 2.75) is 46.1 Å². The van der Waals surface area contributed by atoms with E-state index in [1.807, 2.05) is 57.2 Å². The summed E-state index contributed by atoms with van der Waals surface area (Å²) in [6, 6.07) is 19.0. The molecule has 1 aromatic heterocycles. The van der Waals surface area contributed by atoms with Crippen LogP contribution in [-0.4, -0.2) is 54.1 Å². The standard InChI is InChI=1S/C36H41FN6O3/c1-5-46-35(45)26-9-14-30(15-10-26)42-19-17-24(23-42)16-18-39-32-20-29(13-8-27(32)21-38)41-34(44)31-22-40-43(36(2,3)4)33(31)25-6-11-28(37)12-7-25/h6-15,20-22,24,38-39H,5,16-19,23H2,1-4H3,(H,41,44). The molecule has 1 unspecified atom stereocenters.